The molecule has 0 unspecified atom stereocenters. The average Bonchev–Trinajstić information content (AvgIpc) is 2.30. The number of aliphatic carboxylic acids is 1. The smallest absolute Gasteiger partial charge is 0.305 e. The lowest BCUT2D eigenvalue weighted by molar-refractivity contribution is -0.142. The van der Waals surface area contributed by atoms with Crippen LogP contribution in [0.5, 0.6) is 0 Å². The van der Waals surface area contributed by atoms with E-state index in [1.807, 2.05) is 0 Å². The second-order valence-electron chi connectivity index (χ2n) is 4.95. The van der Waals surface area contributed by atoms with Gasteiger partial charge in [0.2, 0.25) is 0 Å². The van der Waals surface area contributed by atoms with Crippen molar-refractivity contribution in [2.45, 2.75) is 44.1 Å². The van der Waals surface area contributed by atoms with E-state index in [0.29, 0.717) is 6.42 Å². The molecule has 1 saturated carbocycles. The topological polar surface area (TPSA) is 49.8 Å². The van der Waals surface area contributed by atoms with Gasteiger partial charge in [0, 0.05) is 18.6 Å². The van der Waals surface area contributed by atoms with E-state index in [4.69, 9.17) is 9.84 Å². The number of carbonyl (C=O) groups is 1. The van der Waals surface area contributed by atoms with Crippen molar-refractivity contribution in [2.24, 2.45) is 0 Å². The molecule has 0 radical (unpaired) electrons. The molecule has 0 aromatic rings. The second kappa shape index (κ2) is 6.57. The van der Waals surface area contributed by atoms with Crippen molar-refractivity contribution >= 4 is 18.4 Å². The first-order chi connectivity index (χ1) is 7.73. The van der Waals surface area contributed by atoms with Gasteiger partial charge in [0.15, 0.2) is 0 Å². The van der Waals surface area contributed by atoms with Crippen LogP contribution in [-0.4, -0.2) is 47.8 Å². The lowest BCUT2D eigenvalue weighted by Gasteiger charge is -2.47. The Kier molecular flexibility index (Phi) is 5.70. The first-order valence-electron chi connectivity index (χ1n) is 6.28. The zero-order valence-corrected chi connectivity index (χ0v) is 11.0. The van der Waals surface area contributed by atoms with Gasteiger partial charge in [-0.15, -0.1) is 12.4 Å². The molecule has 4 nitrogen and oxygen atoms in total. The van der Waals surface area contributed by atoms with E-state index in [9.17, 15) is 4.79 Å². The van der Waals surface area contributed by atoms with Crippen molar-refractivity contribution in [3.05, 3.63) is 0 Å². The maximum absolute atomic E-state index is 11.1. The minimum atomic E-state index is -0.659. The second-order valence-corrected chi connectivity index (χ2v) is 4.95. The van der Waals surface area contributed by atoms with Gasteiger partial charge in [0.25, 0.3) is 0 Å². The highest BCUT2D eigenvalue weighted by Gasteiger charge is 2.40. The molecule has 2 aliphatic rings. The molecule has 1 N–H and O–H groups in total. The maximum Gasteiger partial charge on any atom is 0.305 e. The van der Waals surface area contributed by atoms with Gasteiger partial charge < -0.3 is 9.84 Å². The summed E-state index contributed by atoms with van der Waals surface area (Å²) in [7, 11) is 0. The van der Waals surface area contributed by atoms with Crippen LogP contribution in [0, 0.1) is 0 Å². The van der Waals surface area contributed by atoms with E-state index >= 15 is 0 Å². The largest absolute Gasteiger partial charge is 0.481 e. The number of carboxylic acid groups (broad SMARTS) is 1. The summed E-state index contributed by atoms with van der Waals surface area (Å²) in [5.74, 6) is -0.659. The predicted molar refractivity (Wildman–Crippen MR) is 67.7 cm³/mol. The van der Waals surface area contributed by atoms with Gasteiger partial charge in [0.1, 0.15) is 0 Å². The molecule has 1 heterocycles. The number of carboxylic acids is 1. The molecule has 0 aromatic heterocycles. The molecule has 2 fully saturated rings. The van der Waals surface area contributed by atoms with E-state index < -0.39 is 5.97 Å². The van der Waals surface area contributed by atoms with Gasteiger partial charge in [-0.3, -0.25) is 9.69 Å². The predicted octanol–water partition coefficient (Wildman–Crippen LogP) is 1.92. The van der Waals surface area contributed by atoms with Crippen LogP contribution in [0.4, 0.5) is 0 Å². The SMILES string of the molecule is Cl.O=C(O)CC1(N2CCOCC2)CCCCC1. The zero-order chi connectivity index (χ0) is 11.4. The fraction of sp³-hybridized carbons (Fsp3) is 0.917. The van der Waals surface area contributed by atoms with E-state index in [0.717, 1.165) is 39.1 Å². The van der Waals surface area contributed by atoms with Gasteiger partial charge in [0.05, 0.1) is 19.6 Å². The Balaban J connectivity index is 0.00000144. The summed E-state index contributed by atoms with van der Waals surface area (Å²) in [4.78, 5) is 13.4. The summed E-state index contributed by atoms with van der Waals surface area (Å²) in [6, 6.07) is 0. The molecule has 1 aliphatic heterocycles. The number of ether oxygens (including phenoxy) is 1. The quantitative estimate of drug-likeness (QED) is 0.845. The molecule has 100 valence electrons. The molecule has 17 heavy (non-hydrogen) atoms. The summed E-state index contributed by atoms with van der Waals surface area (Å²) in [6.45, 7) is 3.29. The third kappa shape index (κ3) is 3.57. The Morgan fingerprint density at radius 2 is 1.76 bits per heavy atom. The first-order valence-corrected chi connectivity index (χ1v) is 6.28. The third-order valence-electron chi connectivity index (χ3n) is 3.95. The van der Waals surface area contributed by atoms with Gasteiger partial charge in [-0.05, 0) is 12.8 Å². The normalized spacial score (nSPS) is 24.9. The molecular formula is C12H22ClNO3. The summed E-state index contributed by atoms with van der Waals surface area (Å²) in [6.07, 6.45) is 5.98. The van der Waals surface area contributed by atoms with E-state index in [-0.39, 0.29) is 17.9 Å². The number of rotatable bonds is 3. The van der Waals surface area contributed by atoms with Gasteiger partial charge in [-0.1, -0.05) is 19.3 Å². The van der Waals surface area contributed by atoms with Crippen LogP contribution in [0.2, 0.25) is 0 Å². The lowest BCUT2D eigenvalue weighted by atomic mass is 9.77. The number of hydrogen-bond donors (Lipinski definition) is 1. The minimum Gasteiger partial charge on any atom is -0.481 e. The summed E-state index contributed by atoms with van der Waals surface area (Å²) < 4.78 is 5.35. The van der Waals surface area contributed by atoms with Crippen LogP contribution in [0.25, 0.3) is 0 Å². The monoisotopic (exact) mass is 263 g/mol. The molecule has 0 aromatic carbocycles. The van der Waals surface area contributed by atoms with Crippen molar-refractivity contribution in [3.8, 4) is 0 Å². The summed E-state index contributed by atoms with van der Waals surface area (Å²) >= 11 is 0. The molecule has 5 heteroatoms. The highest BCUT2D eigenvalue weighted by Crippen LogP contribution is 2.36. The van der Waals surface area contributed by atoms with Crippen LogP contribution in [-0.2, 0) is 9.53 Å². The Morgan fingerprint density at radius 3 is 2.29 bits per heavy atom. The van der Waals surface area contributed by atoms with E-state index in [1.165, 1.54) is 19.3 Å². The molecule has 1 aliphatic carbocycles. The number of hydrogen-bond acceptors (Lipinski definition) is 3. The molecule has 1 saturated heterocycles. The summed E-state index contributed by atoms with van der Waals surface area (Å²) in [5, 5.41) is 9.10. The lowest BCUT2D eigenvalue weighted by Crippen LogP contribution is -2.55. The Morgan fingerprint density at radius 1 is 1.18 bits per heavy atom. The molecule has 0 amide bonds. The highest BCUT2D eigenvalue weighted by molar-refractivity contribution is 5.85. The summed E-state index contributed by atoms with van der Waals surface area (Å²) in [5.41, 5.74) is -0.0755. The Labute approximate surface area is 109 Å². The van der Waals surface area contributed by atoms with Gasteiger partial charge in [-0.2, -0.15) is 0 Å². The zero-order valence-electron chi connectivity index (χ0n) is 10.2. The fourth-order valence-electron chi connectivity index (χ4n) is 3.13. The molecular weight excluding hydrogens is 242 g/mol. The van der Waals surface area contributed by atoms with Crippen LogP contribution in [0.1, 0.15) is 38.5 Å². The maximum atomic E-state index is 11.1. The van der Waals surface area contributed by atoms with Crippen molar-refractivity contribution < 1.29 is 14.6 Å². The number of morpholine rings is 1. The third-order valence-corrected chi connectivity index (χ3v) is 3.95. The van der Waals surface area contributed by atoms with Gasteiger partial charge in [-0.25, -0.2) is 0 Å². The molecule has 0 spiro atoms. The minimum absolute atomic E-state index is 0. The fourth-order valence-corrected chi connectivity index (χ4v) is 3.13. The van der Waals surface area contributed by atoms with Gasteiger partial charge >= 0.3 is 5.97 Å². The highest BCUT2D eigenvalue weighted by atomic mass is 35.5. The van der Waals surface area contributed by atoms with Crippen molar-refractivity contribution in [1.29, 1.82) is 0 Å². The number of halogens is 1. The van der Waals surface area contributed by atoms with Crippen LogP contribution in [0.15, 0.2) is 0 Å². The standard InChI is InChI=1S/C12H21NO3.ClH/c14-11(15)10-12(4-2-1-3-5-12)13-6-8-16-9-7-13;/h1-10H2,(H,14,15);1H. The van der Waals surface area contributed by atoms with Crippen LogP contribution in [0.3, 0.4) is 0 Å². The van der Waals surface area contributed by atoms with E-state index in [2.05, 4.69) is 4.90 Å². The van der Waals surface area contributed by atoms with Crippen molar-refractivity contribution in [1.82, 2.24) is 4.90 Å². The van der Waals surface area contributed by atoms with Crippen LogP contribution < -0.4 is 0 Å². The van der Waals surface area contributed by atoms with Crippen molar-refractivity contribution in [3.63, 3.8) is 0 Å². The van der Waals surface area contributed by atoms with E-state index in [1.54, 1.807) is 0 Å². The molecule has 0 bridgehead atoms. The first kappa shape index (κ1) is 14.7. The Bertz CT molecular complexity index is 248. The number of nitrogens with zero attached hydrogens (tertiary/aromatic N) is 1. The average molecular weight is 264 g/mol. The Hall–Kier alpha value is -0.320. The molecule has 0 atom stereocenters. The van der Waals surface area contributed by atoms with Crippen LogP contribution >= 0.6 is 12.4 Å². The van der Waals surface area contributed by atoms with Crippen molar-refractivity contribution in [2.75, 3.05) is 26.3 Å². The molecule has 2 rings (SSSR count).